The van der Waals surface area contributed by atoms with Gasteiger partial charge in [-0.2, -0.15) is 11.8 Å². The monoisotopic (exact) mass is 290 g/mol. The minimum atomic E-state index is 0.102. The number of carbonyl (C=O) groups is 1. The molecule has 3 nitrogen and oxygen atoms in total. The van der Waals surface area contributed by atoms with Crippen molar-refractivity contribution in [2.24, 2.45) is 5.92 Å². The Morgan fingerprint density at radius 2 is 2.30 bits per heavy atom. The molecule has 0 aliphatic carbocycles. The summed E-state index contributed by atoms with van der Waals surface area (Å²) in [6.45, 7) is 4.83. The van der Waals surface area contributed by atoms with Gasteiger partial charge in [-0.05, 0) is 24.5 Å². The van der Waals surface area contributed by atoms with Gasteiger partial charge in [0.25, 0.3) is 0 Å². The van der Waals surface area contributed by atoms with Gasteiger partial charge in [0.2, 0.25) is 5.91 Å². The first-order valence-corrected chi connectivity index (χ1v) is 8.55. The summed E-state index contributed by atoms with van der Waals surface area (Å²) in [5.41, 5.74) is 2.47. The van der Waals surface area contributed by atoms with E-state index in [1.54, 1.807) is 0 Å². The van der Waals surface area contributed by atoms with Crippen molar-refractivity contribution in [1.82, 2.24) is 4.90 Å². The van der Waals surface area contributed by atoms with Crippen LogP contribution in [0.15, 0.2) is 24.3 Å². The zero-order chi connectivity index (χ0) is 13.9. The molecule has 1 fully saturated rings. The number of hydrogen-bond acceptors (Lipinski definition) is 3. The third kappa shape index (κ3) is 2.80. The van der Waals surface area contributed by atoms with Crippen molar-refractivity contribution in [1.29, 1.82) is 0 Å². The van der Waals surface area contributed by atoms with Crippen LogP contribution in [0.1, 0.15) is 18.9 Å². The quantitative estimate of drug-likeness (QED) is 0.909. The van der Waals surface area contributed by atoms with Gasteiger partial charge in [-0.15, -0.1) is 0 Å². The van der Waals surface area contributed by atoms with Gasteiger partial charge in [-0.3, -0.25) is 4.79 Å². The minimum absolute atomic E-state index is 0.102. The maximum atomic E-state index is 12.7. The molecule has 2 atom stereocenters. The van der Waals surface area contributed by atoms with Crippen LogP contribution < -0.4 is 5.32 Å². The lowest BCUT2D eigenvalue weighted by Crippen LogP contribution is -2.47. The van der Waals surface area contributed by atoms with Crippen molar-refractivity contribution < 1.29 is 4.79 Å². The van der Waals surface area contributed by atoms with Crippen molar-refractivity contribution in [2.45, 2.75) is 25.0 Å². The Morgan fingerprint density at radius 1 is 1.45 bits per heavy atom. The lowest BCUT2D eigenvalue weighted by molar-refractivity contribution is -0.135. The number of thioether (sulfide) groups is 1. The molecule has 4 heteroatoms. The van der Waals surface area contributed by atoms with Crippen LogP contribution in [-0.2, 0) is 11.2 Å². The van der Waals surface area contributed by atoms with E-state index >= 15 is 0 Å². The standard InChI is InChI=1S/C16H22N2OS/c1-2-14-11-18(7-8-20-14)16(19)13-9-12-5-3-4-6-15(12)17-10-13/h3-6,13-14,17H,2,7-11H2,1H3. The van der Waals surface area contributed by atoms with Crippen LogP contribution in [0.5, 0.6) is 0 Å². The average Bonchev–Trinajstić information content (AvgIpc) is 2.53. The molecule has 1 saturated heterocycles. The summed E-state index contributed by atoms with van der Waals surface area (Å²) in [5.74, 6) is 1.53. The summed E-state index contributed by atoms with van der Waals surface area (Å²) >= 11 is 2.01. The van der Waals surface area contributed by atoms with Gasteiger partial charge in [0.1, 0.15) is 0 Å². The minimum Gasteiger partial charge on any atom is -0.384 e. The van der Waals surface area contributed by atoms with Crippen LogP contribution >= 0.6 is 11.8 Å². The molecule has 1 N–H and O–H groups in total. The van der Waals surface area contributed by atoms with Crippen LogP contribution in [0.4, 0.5) is 5.69 Å². The predicted molar refractivity (Wildman–Crippen MR) is 85.2 cm³/mol. The molecule has 0 saturated carbocycles. The van der Waals surface area contributed by atoms with Crippen LogP contribution in [0, 0.1) is 5.92 Å². The van der Waals surface area contributed by atoms with E-state index in [0.29, 0.717) is 11.2 Å². The van der Waals surface area contributed by atoms with Crippen molar-refractivity contribution in [3.8, 4) is 0 Å². The van der Waals surface area contributed by atoms with Gasteiger partial charge in [-0.25, -0.2) is 0 Å². The first-order valence-electron chi connectivity index (χ1n) is 7.50. The summed E-state index contributed by atoms with van der Waals surface area (Å²) in [7, 11) is 0. The first-order chi connectivity index (χ1) is 9.78. The number of nitrogens with zero attached hydrogens (tertiary/aromatic N) is 1. The molecule has 0 aromatic heterocycles. The van der Waals surface area contributed by atoms with Crippen LogP contribution in [-0.4, -0.2) is 41.4 Å². The molecule has 0 spiro atoms. The van der Waals surface area contributed by atoms with E-state index in [-0.39, 0.29) is 5.92 Å². The molecule has 2 aliphatic rings. The van der Waals surface area contributed by atoms with E-state index in [1.165, 1.54) is 11.3 Å². The van der Waals surface area contributed by atoms with Crippen LogP contribution in [0.25, 0.3) is 0 Å². The average molecular weight is 290 g/mol. The van der Waals surface area contributed by atoms with Gasteiger partial charge < -0.3 is 10.2 Å². The maximum Gasteiger partial charge on any atom is 0.227 e. The number of rotatable bonds is 2. The number of benzene rings is 1. The second kappa shape index (κ2) is 6.08. The Labute approximate surface area is 125 Å². The molecule has 0 bridgehead atoms. The summed E-state index contributed by atoms with van der Waals surface area (Å²) in [6, 6.07) is 8.32. The molecule has 0 radical (unpaired) electrons. The second-order valence-corrected chi connectivity index (χ2v) is 7.03. The first kappa shape index (κ1) is 13.8. The van der Waals surface area contributed by atoms with Gasteiger partial charge in [0, 0.05) is 36.3 Å². The molecule has 3 rings (SSSR count). The summed E-state index contributed by atoms with van der Waals surface area (Å²) in [4.78, 5) is 14.8. The van der Waals surface area contributed by atoms with Gasteiger partial charge in [0.05, 0.1) is 5.92 Å². The normalized spacial score (nSPS) is 25.8. The van der Waals surface area contributed by atoms with Gasteiger partial charge in [-0.1, -0.05) is 25.1 Å². The lowest BCUT2D eigenvalue weighted by Gasteiger charge is -2.36. The predicted octanol–water partition coefficient (Wildman–Crippen LogP) is 2.62. The highest BCUT2D eigenvalue weighted by molar-refractivity contribution is 8.00. The fourth-order valence-electron chi connectivity index (χ4n) is 3.04. The van der Waals surface area contributed by atoms with Gasteiger partial charge >= 0.3 is 0 Å². The number of hydrogen-bond donors (Lipinski definition) is 1. The Morgan fingerprint density at radius 3 is 3.15 bits per heavy atom. The number of carbonyl (C=O) groups excluding carboxylic acids is 1. The Kier molecular flexibility index (Phi) is 4.20. The molecule has 20 heavy (non-hydrogen) atoms. The van der Waals surface area contributed by atoms with E-state index in [1.807, 2.05) is 17.8 Å². The van der Waals surface area contributed by atoms with Crippen molar-refractivity contribution in [3.63, 3.8) is 0 Å². The van der Waals surface area contributed by atoms with Crippen LogP contribution in [0.2, 0.25) is 0 Å². The summed E-state index contributed by atoms with van der Waals surface area (Å²) in [6.07, 6.45) is 2.03. The van der Waals surface area contributed by atoms with E-state index < -0.39 is 0 Å². The van der Waals surface area contributed by atoms with Gasteiger partial charge in [0.15, 0.2) is 0 Å². The number of fused-ring (bicyclic) bond motifs is 1. The highest BCUT2D eigenvalue weighted by Crippen LogP contribution is 2.27. The molecular formula is C16H22N2OS. The topological polar surface area (TPSA) is 32.3 Å². The van der Waals surface area contributed by atoms with Crippen molar-refractivity contribution in [2.75, 3.05) is 30.7 Å². The molecular weight excluding hydrogens is 268 g/mol. The Balaban J connectivity index is 1.67. The second-order valence-electron chi connectivity index (χ2n) is 5.62. The molecule has 1 aromatic carbocycles. The van der Waals surface area contributed by atoms with E-state index in [4.69, 9.17) is 0 Å². The zero-order valence-electron chi connectivity index (χ0n) is 12.0. The molecule has 108 valence electrons. The molecule has 1 aromatic rings. The summed E-state index contributed by atoms with van der Waals surface area (Å²) < 4.78 is 0. The highest BCUT2D eigenvalue weighted by Gasteiger charge is 2.30. The lowest BCUT2D eigenvalue weighted by atomic mass is 9.92. The number of amides is 1. The largest absolute Gasteiger partial charge is 0.384 e. The van der Waals surface area contributed by atoms with Crippen molar-refractivity contribution in [3.05, 3.63) is 29.8 Å². The molecule has 2 heterocycles. The summed E-state index contributed by atoms with van der Waals surface area (Å²) in [5, 5.41) is 4.03. The Bertz CT molecular complexity index is 491. The number of anilines is 1. The molecule has 1 amide bonds. The smallest absolute Gasteiger partial charge is 0.227 e. The van der Waals surface area contributed by atoms with E-state index in [0.717, 1.165) is 38.2 Å². The maximum absolute atomic E-state index is 12.7. The molecule has 2 unspecified atom stereocenters. The fraction of sp³-hybridized carbons (Fsp3) is 0.562. The molecule has 2 aliphatic heterocycles. The SMILES string of the molecule is CCC1CN(C(=O)C2CNc3ccccc3C2)CCS1. The highest BCUT2D eigenvalue weighted by atomic mass is 32.2. The fourth-order valence-corrected chi connectivity index (χ4v) is 4.22. The van der Waals surface area contributed by atoms with E-state index in [9.17, 15) is 4.79 Å². The van der Waals surface area contributed by atoms with E-state index in [2.05, 4.69) is 35.3 Å². The number of para-hydroxylation sites is 1. The zero-order valence-corrected chi connectivity index (χ0v) is 12.8. The third-order valence-corrected chi connectivity index (χ3v) is 5.65. The number of nitrogens with one attached hydrogen (secondary N) is 1. The third-order valence-electron chi connectivity index (χ3n) is 4.28. The van der Waals surface area contributed by atoms with Crippen molar-refractivity contribution >= 4 is 23.4 Å². The Hall–Kier alpha value is -1.16. The van der Waals surface area contributed by atoms with Crippen LogP contribution in [0.3, 0.4) is 0 Å².